The molecule has 34 heavy (non-hydrogen) atoms. The summed E-state index contributed by atoms with van der Waals surface area (Å²) >= 11 is 0. The van der Waals surface area contributed by atoms with Gasteiger partial charge in [0.2, 0.25) is 0 Å². The van der Waals surface area contributed by atoms with Crippen LogP contribution in [-0.4, -0.2) is 58.0 Å². The first-order chi connectivity index (χ1) is 16.6. The molecule has 0 radical (unpaired) electrons. The van der Waals surface area contributed by atoms with Crippen molar-refractivity contribution in [1.29, 1.82) is 0 Å². The van der Waals surface area contributed by atoms with Gasteiger partial charge in [-0.2, -0.15) is 0 Å². The standard InChI is InChI=1S/C26H33NO6S/c1-30-26-22(27-19-13-7-3-8-14-19)24(34(28,29)20-15-9-4-10-16-20)23-21(32-26)17-31-25(33-23)18-11-5-2-6-12-18/h2,4-6,9-12,15-16,19,21-27H,3,7-8,13-14,17H2,1H3/t21-,22-,23-,24-,25?,26+/m1/s1. The van der Waals surface area contributed by atoms with Crippen molar-refractivity contribution < 1.29 is 27.4 Å². The maximum absolute atomic E-state index is 14.1. The van der Waals surface area contributed by atoms with Gasteiger partial charge in [-0.25, -0.2) is 8.42 Å². The van der Waals surface area contributed by atoms with Gasteiger partial charge in [0.1, 0.15) is 17.5 Å². The third-order valence-electron chi connectivity index (χ3n) is 7.11. The Kier molecular flexibility index (Phi) is 7.34. The molecule has 3 fully saturated rings. The molecule has 184 valence electrons. The van der Waals surface area contributed by atoms with Crippen molar-refractivity contribution in [3.05, 3.63) is 66.2 Å². The van der Waals surface area contributed by atoms with Crippen LogP contribution < -0.4 is 5.32 Å². The fraction of sp³-hybridized carbons (Fsp3) is 0.538. The molecule has 0 spiro atoms. The van der Waals surface area contributed by atoms with Crippen LogP contribution in [0, 0.1) is 0 Å². The molecule has 1 saturated carbocycles. The van der Waals surface area contributed by atoms with Crippen LogP contribution in [0.25, 0.3) is 0 Å². The van der Waals surface area contributed by atoms with Gasteiger partial charge in [0.05, 0.1) is 17.5 Å². The second kappa shape index (κ2) is 10.4. The van der Waals surface area contributed by atoms with Crippen LogP contribution in [0.5, 0.6) is 0 Å². The lowest BCUT2D eigenvalue weighted by Crippen LogP contribution is -2.69. The third kappa shape index (κ3) is 4.80. The molecular weight excluding hydrogens is 454 g/mol. The molecule has 7 nitrogen and oxygen atoms in total. The van der Waals surface area contributed by atoms with Crippen molar-refractivity contribution in [2.45, 2.75) is 79.1 Å². The molecule has 1 aliphatic carbocycles. The van der Waals surface area contributed by atoms with Gasteiger partial charge in [-0.3, -0.25) is 0 Å². The minimum Gasteiger partial charge on any atom is -0.354 e. The average Bonchev–Trinajstić information content (AvgIpc) is 2.89. The number of sulfone groups is 1. The van der Waals surface area contributed by atoms with Crippen molar-refractivity contribution in [2.75, 3.05) is 13.7 Å². The van der Waals surface area contributed by atoms with E-state index in [0.29, 0.717) is 0 Å². The Labute approximate surface area is 201 Å². The van der Waals surface area contributed by atoms with Gasteiger partial charge in [0.15, 0.2) is 22.4 Å². The van der Waals surface area contributed by atoms with Crippen LogP contribution >= 0.6 is 0 Å². The average molecular weight is 488 g/mol. The number of rotatable bonds is 6. The normalized spacial score (nSPS) is 32.7. The maximum atomic E-state index is 14.1. The van der Waals surface area contributed by atoms with E-state index in [2.05, 4.69) is 5.32 Å². The Hall–Kier alpha value is -1.81. The van der Waals surface area contributed by atoms with E-state index in [-0.39, 0.29) is 17.5 Å². The zero-order valence-electron chi connectivity index (χ0n) is 19.4. The zero-order chi connectivity index (χ0) is 23.5. The summed E-state index contributed by atoms with van der Waals surface area (Å²) in [4.78, 5) is 0.275. The molecule has 5 rings (SSSR count). The molecule has 3 aliphatic rings. The van der Waals surface area contributed by atoms with Crippen LogP contribution in [0.2, 0.25) is 0 Å². The van der Waals surface area contributed by atoms with E-state index in [0.717, 1.165) is 31.2 Å². The monoisotopic (exact) mass is 487 g/mol. The first-order valence-electron chi connectivity index (χ1n) is 12.1. The summed E-state index contributed by atoms with van der Waals surface area (Å²) in [6, 6.07) is 17.8. The number of benzene rings is 2. The highest BCUT2D eigenvalue weighted by Gasteiger charge is 2.55. The van der Waals surface area contributed by atoms with Gasteiger partial charge in [0, 0.05) is 18.7 Å². The molecule has 0 aromatic heterocycles. The van der Waals surface area contributed by atoms with E-state index in [1.54, 1.807) is 31.4 Å². The number of ether oxygens (including phenoxy) is 4. The Bertz CT molecular complexity index is 1030. The predicted octanol–water partition coefficient (Wildman–Crippen LogP) is 3.61. The molecule has 2 heterocycles. The van der Waals surface area contributed by atoms with Gasteiger partial charge in [-0.05, 0) is 25.0 Å². The second-order valence-corrected chi connectivity index (χ2v) is 11.4. The predicted molar refractivity (Wildman–Crippen MR) is 127 cm³/mol. The van der Waals surface area contributed by atoms with Crippen molar-refractivity contribution in [3.8, 4) is 0 Å². The fourth-order valence-corrected chi connectivity index (χ4v) is 7.44. The molecule has 8 heteroatoms. The first-order valence-corrected chi connectivity index (χ1v) is 13.7. The van der Waals surface area contributed by atoms with Gasteiger partial charge in [0.25, 0.3) is 0 Å². The molecule has 0 amide bonds. The highest BCUT2D eigenvalue weighted by Crippen LogP contribution is 2.39. The van der Waals surface area contributed by atoms with E-state index in [1.165, 1.54) is 6.42 Å². The fourth-order valence-electron chi connectivity index (χ4n) is 5.41. The van der Waals surface area contributed by atoms with E-state index in [1.807, 2.05) is 36.4 Å². The van der Waals surface area contributed by atoms with Crippen molar-refractivity contribution in [2.24, 2.45) is 0 Å². The van der Waals surface area contributed by atoms with Gasteiger partial charge in [-0.1, -0.05) is 67.8 Å². The molecule has 1 unspecified atom stereocenters. The largest absolute Gasteiger partial charge is 0.354 e. The molecule has 6 atom stereocenters. The maximum Gasteiger partial charge on any atom is 0.185 e. The molecule has 0 bridgehead atoms. The van der Waals surface area contributed by atoms with Gasteiger partial charge < -0.3 is 24.3 Å². The summed E-state index contributed by atoms with van der Waals surface area (Å²) < 4.78 is 52.5. The topological polar surface area (TPSA) is 83.1 Å². The van der Waals surface area contributed by atoms with E-state index in [4.69, 9.17) is 18.9 Å². The van der Waals surface area contributed by atoms with Crippen LogP contribution in [0.15, 0.2) is 65.6 Å². The first kappa shape index (κ1) is 23.9. The lowest BCUT2D eigenvalue weighted by molar-refractivity contribution is -0.317. The summed E-state index contributed by atoms with van der Waals surface area (Å²) in [5, 5.41) is 2.73. The molecule has 2 aromatic carbocycles. The molecular formula is C26H33NO6S. The quantitative estimate of drug-likeness (QED) is 0.667. The minimum absolute atomic E-state index is 0.217. The number of methoxy groups -OCH3 is 1. The smallest absolute Gasteiger partial charge is 0.185 e. The Morgan fingerprint density at radius 3 is 2.26 bits per heavy atom. The summed E-state index contributed by atoms with van der Waals surface area (Å²) in [7, 11) is -2.22. The zero-order valence-corrected chi connectivity index (χ0v) is 20.2. The third-order valence-corrected chi connectivity index (χ3v) is 9.31. The van der Waals surface area contributed by atoms with Crippen LogP contribution in [0.4, 0.5) is 0 Å². The Morgan fingerprint density at radius 1 is 0.912 bits per heavy atom. The van der Waals surface area contributed by atoms with Gasteiger partial charge in [-0.15, -0.1) is 0 Å². The van der Waals surface area contributed by atoms with Crippen LogP contribution in [0.3, 0.4) is 0 Å². The van der Waals surface area contributed by atoms with Crippen molar-refractivity contribution >= 4 is 9.84 Å². The summed E-state index contributed by atoms with van der Waals surface area (Å²) in [6.45, 7) is 0.223. The summed E-state index contributed by atoms with van der Waals surface area (Å²) in [5.74, 6) is 0. The number of nitrogens with one attached hydrogen (secondary N) is 1. The van der Waals surface area contributed by atoms with Crippen LogP contribution in [-0.2, 0) is 28.8 Å². The Morgan fingerprint density at radius 2 is 1.59 bits per heavy atom. The Balaban J connectivity index is 1.52. The number of hydrogen-bond acceptors (Lipinski definition) is 7. The van der Waals surface area contributed by atoms with E-state index in [9.17, 15) is 8.42 Å². The highest BCUT2D eigenvalue weighted by atomic mass is 32.2. The highest BCUT2D eigenvalue weighted by molar-refractivity contribution is 7.92. The molecule has 2 saturated heterocycles. The van der Waals surface area contributed by atoms with Crippen molar-refractivity contribution in [3.63, 3.8) is 0 Å². The van der Waals surface area contributed by atoms with Gasteiger partial charge >= 0.3 is 0 Å². The minimum atomic E-state index is -3.78. The molecule has 2 aromatic rings. The number of fused-ring (bicyclic) bond motifs is 1. The van der Waals surface area contributed by atoms with E-state index >= 15 is 0 Å². The second-order valence-electron chi connectivity index (χ2n) is 9.31. The lowest BCUT2D eigenvalue weighted by atomic mass is 9.92. The SMILES string of the molecule is CO[C@H]1O[C@@H]2COC(c3ccccc3)O[C@H]2[C@H](S(=O)(=O)c2ccccc2)[C@H]1NC1CCCCC1. The molecule has 2 aliphatic heterocycles. The summed E-state index contributed by atoms with van der Waals surface area (Å²) in [6.07, 6.45) is 2.83. The van der Waals surface area contributed by atoms with Crippen molar-refractivity contribution in [1.82, 2.24) is 5.32 Å². The number of hydrogen-bond donors (Lipinski definition) is 1. The summed E-state index contributed by atoms with van der Waals surface area (Å²) in [5.41, 5.74) is 0.850. The lowest BCUT2D eigenvalue weighted by Gasteiger charge is -2.50. The van der Waals surface area contributed by atoms with Crippen LogP contribution in [0.1, 0.15) is 44.0 Å². The molecule has 1 N–H and O–H groups in total. The van der Waals surface area contributed by atoms with E-state index < -0.39 is 45.9 Å².